The summed E-state index contributed by atoms with van der Waals surface area (Å²) in [5, 5.41) is 13.9. The molecule has 106 valence electrons. The van der Waals surface area contributed by atoms with Crippen LogP contribution in [-0.4, -0.2) is 33.2 Å². The van der Waals surface area contributed by atoms with Crippen LogP contribution in [0.2, 0.25) is 0 Å². The lowest BCUT2D eigenvalue weighted by Crippen LogP contribution is -2.36. The first-order valence-corrected chi connectivity index (χ1v) is 6.29. The molecule has 0 atom stereocenters. The standard InChI is InChI=1S/C12H20N4O3/c1-16-8-7-13-10(16)9-15-12(19)14-6-4-2-3-5-11(17)18/h7-8H,2-6,9H2,1H3,(H,17,18)(H2,14,15,19). The number of rotatable bonds is 8. The maximum absolute atomic E-state index is 11.4. The molecule has 7 heteroatoms. The lowest BCUT2D eigenvalue weighted by atomic mass is 10.2. The monoisotopic (exact) mass is 268 g/mol. The van der Waals surface area contributed by atoms with Crippen LogP contribution in [0.3, 0.4) is 0 Å². The van der Waals surface area contributed by atoms with Gasteiger partial charge < -0.3 is 20.3 Å². The second-order valence-corrected chi connectivity index (χ2v) is 4.27. The number of aryl methyl sites for hydroxylation is 1. The average molecular weight is 268 g/mol. The van der Waals surface area contributed by atoms with E-state index in [0.29, 0.717) is 19.5 Å². The summed E-state index contributed by atoms with van der Waals surface area (Å²) >= 11 is 0. The maximum Gasteiger partial charge on any atom is 0.315 e. The van der Waals surface area contributed by atoms with Crippen LogP contribution in [0.4, 0.5) is 4.79 Å². The van der Waals surface area contributed by atoms with Gasteiger partial charge in [0.25, 0.3) is 0 Å². The van der Waals surface area contributed by atoms with Crippen LogP contribution in [0.5, 0.6) is 0 Å². The molecule has 0 saturated heterocycles. The normalized spacial score (nSPS) is 10.2. The third-order valence-corrected chi connectivity index (χ3v) is 2.68. The van der Waals surface area contributed by atoms with Gasteiger partial charge in [0.2, 0.25) is 0 Å². The number of amides is 2. The summed E-state index contributed by atoms with van der Waals surface area (Å²) in [5.41, 5.74) is 0. The van der Waals surface area contributed by atoms with Gasteiger partial charge in [0, 0.05) is 32.4 Å². The van der Waals surface area contributed by atoms with E-state index in [1.54, 1.807) is 6.20 Å². The molecule has 0 aromatic carbocycles. The Kier molecular flexibility index (Phi) is 6.42. The van der Waals surface area contributed by atoms with Crippen LogP contribution in [0.25, 0.3) is 0 Å². The SMILES string of the molecule is Cn1ccnc1CNC(=O)NCCCCCC(=O)O. The van der Waals surface area contributed by atoms with Crippen molar-refractivity contribution in [3.63, 3.8) is 0 Å². The van der Waals surface area contributed by atoms with Gasteiger partial charge in [-0.1, -0.05) is 6.42 Å². The van der Waals surface area contributed by atoms with Crippen LogP contribution in [0.1, 0.15) is 31.5 Å². The van der Waals surface area contributed by atoms with Crippen molar-refractivity contribution in [2.75, 3.05) is 6.54 Å². The molecule has 0 aliphatic carbocycles. The molecule has 2 amide bonds. The molecule has 0 fully saturated rings. The molecule has 0 unspecified atom stereocenters. The number of urea groups is 1. The van der Waals surface area contributed by atoms with E-state index >= 15 is 0 Å². The fourth-order valence-electron chi connectivity index (χ4n) is 1.57. The largest absolute Gasteiger partial charge is 0.481 e. The zero-order valence-corrected chi connectivity index (χ0v) is 11.1. The van der Waals surface area contributed by atoms with E-state index in [1.807, 2.05) is 17.8 Å². The van der Waals surface area contributed by atoms with Crippen LogP contribution in [0, 0.1) is 0 Å². The molecular weight excluding hydrogens is 248 g/mol. The van der Waals surface area contributed by atoms with Crippen molar-refractivity contribution in [3.05, 3.63) is 18.2 Å². The number of hydrogen-bond acceptors (Lipinski definition) is 3. The summed E-state index contributed by atoms with van der Waals surface area (Å²) < 4.78 is 1.84. The van der Waals surface area contributed by atoms with E-state index in [4.69, 9.17) is 5.11 Å². The highest BCUT2D eigenvalue weighted by Gasteiger charge is 2.03. The molecule has 1 rings (SSSR count). The summed E-state index contributed by atoms with van der Waals surface area (Å²) in [6, 6.07) is -0.235. The molecule has 1 aromatic heterocycles. The van der Waals surface area contributed by atoms with E-state index in [9.17, 15) is 9.59 Å². The number of carboxylic acids is 1. The van der Waals surface area contributed by atoms with E-state index in [2.05, 4.69) is 15.6 Å². The molecule has 0 radical (unpaired) electrons. The molecular formula is C12H20N4O3. The number of carbonyl (C=O) groups excluding carboxylic acids is 1. The van der Waals surface area contributed by atoms with Gasteiger partial charge in [0.15, 0.2) is 0 Å². The molecule has 0 saturated carbocycles. The molecule has 1 heterocycles. The number of nitrogens with zero attached hydrogens (tertiary/aromatic N) is 2. The highest BCUT2D eigenvalue weighted by Crippen LogP contribution is 1.98. The van der Waals surface area contributed by atoms with Gasteiger partial charge >= 0.3 is 12.0 Å². The Balaban J connectivity index is 2.02. The zero-order valence-electron chi connectivity index (χ0n) is 11.1. The van der Waals surface area contributed by atoms with Crippen molar-refractivity contribution in [1.82, 2.24) is 20.2 Å². The van der Waals surface area contributed by atoms with Crippen LogP contribution in [-0.2, 0) is 18.4 Å². The zero-order chi connectivity index (χ0) is 14.1. The second-order valence-electron chi connectivity index (χ2n) is 4.27. The third kappa shape index (κ3) is 6.44. The summed E-state index contributed by atoms with van der Waals surface area (Å²) in [7, 11) is 1.87. The minimum atomic E-state index is -0.777. The number of aromatic nitrogens is 2. The number of nitrogens with one attached hydrogen (secondary N) is 2. The summed E-state index contributed by atoms with van der Waals surface area (Å²) in [6.07, 6.45) is 5.90. The van der Waals surface area contributed by atoms with Crippen molar-refractivity contribution in [2.45, 2.75) is 32.2 Å². The number of carbonyl (C=O) groups is 2. The van der Waals surface area contributed by atoms with E-state index < -0.39 is 5.97 Å². The molecule has 7 nitrogen and oxygen atoms in total. The van der Waals surface area contributed by atoms with Gasteiger partial charge in [-0.25, -0.2) is 9.78 Å². The maximum atomic E-state index is 11.4. The Morgan fingerprint density at radius 2 is 2.11 bits per heavy atom. The summed E-state index contributed by atoms with van der Waals surface area (Å²) in [6.45, 7) is 0.931. The Morgan fingerprint density at radius 3 is 2.74 bits per heavy atom. The number of hydrogen-bond donors (Lipinski definition) is 3. The average Bonchev–Trinajstić information content (AvgIpc) is 2.76. The third-order valence-electron chi connectivity index (χ3n) is 2.68. The predicted molar refractivity (Wildman–Crippen MR) is 69.6 cm³/mol. The Hall–Kier alpha value is -2.05. The topological polar surface area (TPSA) is 96.3 Å². The molecule has 19 heavy (non-hydrogen) atoms. The van der Waals surface area contributed by atoms with Crippen molar-refractivity contribution >= 4 is 12.0 Å². The fourth-order valence-corrected chi connectivity index (χ4v) is 1.57. The van der Waals surface area contributed by atoms with Crippen molar-refractivity contribution in [2.24, 2.45) is 7.05 Å². The first-order valence-electron chi connectivity index (χ1n) is 6.29. The van der Waals surface area contributed by atoms with Gasteiger partial charge in [0.1, 0.15) is 5.82 Å². The minimum absolute atomic E-state index is 0.186. The molecule has 3 N–H and O–H groups in total. The Morgan fingerprint density at radius 1 is 1.32 bits per heavy atom. The molecule has 1 aromatic rings. The minimum Gasteiger partial charge on any atom is -0.481 e. The lowest BCUT2D eigenvalue weighted by molar-refractivity contribution is -0.137. The molecule has 0 bridgehead atoms. The molecule has 0 aliphatic heterocycles. The number of aliphatic carboxylic acids is 1. The quantitative estimate of drug-likeness (QED) is 0.609. The molecule has 0 spiro atoms. The predicted octanol–water partition coefficient (Wildman–Crippen LogP) is 0.864. The van der Waals surface area contributed by atoms with Gasteiger partial charge in [-0.15, -0.1) is 0 Å². The van der Waals surface area contributed by atoms with Gasteiger partial charge in [-0.3, -0.25) is 4.79 Å². The number of unbranched alkanes of at least 4 members (excludes halogenated alkanes) is 2. The number of imidazole rings is 1. The van der Waals surface area contributed by atoms with Gasteiger partial charge in [0.05, 0.1) is 6.54 Å². The van der Waals surface area contributed by atoms with Crippen LogP contribution >= 0.6 is 0 Å². The lowest BCUT2D eigenvalue weighted by Gasteiger charge is -2.07. The second kappa shape index (κ2) is 8.12. The van der Waals surface area contributed by atoms with Crippen molar-refractivity contribution < 1.29 is 14.7 Å². The molecule has 0 aliphatic rings. The van der Waals surface area contributed by atoms with E-state index in [0.717, 1.165) is 18.7 Å². The van der Waals surface area contributed by atoms with Gasteiger partial charge in [-0.05, 0) is 12.8 Å². The van der Waals surface area contributed by atoms with Crippen molar-refractivity contribution in [1.29, 1.82) is 0 Å². The smallest absolute Gasteiger partial charge is 0.315 e. The fraction of sp³-hybridized carbons (Fsp3) is 0.583. The Bertz CT molecular complexity index is 417. The summed E-state index contributed by atoms with van der Waals surface area (Å²) in [4.78, 5) is 25.8. The van der Waals surface area contributed by atoms with E-state index in [1.165, 1.54) is 0 Å². The Labute approximate surface area is 112 Å². The van der Waals surface area contributed by atoms with Crippen LogP contribution < -0.4 is 10.6 Å². The summed E-state index contributed by atoms with van der Waals surface area (Å²) in [5.74, 6) is 0.0115. The highest BCUT2D eigenvalue weighted by molar-refractivity contribution is 5.73. The highest BCUT2D eigenvalue weighted by atomic mass is 16.4. The van der Waals surface area contributed by atoms with Crippen molar-refractivity contribution in [3.8, 4) is 0 Å². The first-order chi connectivity index (χ1) is 9.09. The van der Waals surface area contributed by atoms with Gasteiger partial charge in [-0.2, -0.15) is 0 Å². The van der Waals surface area contributed by atoms with E-state index in [-0.39, 0.29) is 12.5 Å². The number of carboxylic acid groups (broad SMARTS) is 1. The van der Waals surface area contributed by atoms with Crippen LogP contribution in [0.15, 0.2) is 12.4 Å². The first kappa shape index (κ1) is 15.0.